The van der Waals surface area contributed by atoms with E-state index in [1.807, 2.05) is 24.3 Å². The number of anilines is 1. The lowest BCUT2D eigenvalue weighted by Crippen LogP contribution is -2.39. The second-order valence-corrected chi connectivity index (χ2v) is 6.91. The highest BCUT2D eigenvalue weighted by molar-refractivity contribution is 14.0. The molecule has 9 heteroatoms. The summed E-state index contributed by atoms with van der Waals surface area (Å²) in [6.45, 7) is 3.56. The summed E-state index contributed by atoms with van der Waals surface area (Å²) in [7, 11) is 3.55. The largest absolute Gasteiger partial charge is 0.384 e. The van der Waals surface area contributed by atoms with E-state index in [-0.39, 0.29) is 36.4 Å². The monoisotopic (exact) mass is 512 g/mol. The number of hydrogen-bond acceptors (Lipinski definition) is 4. The molecule has 3 rings (SSSR count). The van der Waals surface area contributed by atoms with Crippen LogP contribution in [-0.2, 0) is 22.6 Å². The highest BCUT2D eigenvalue weighted by Gasteiger charge is 2.24. The molecule has 29 heavy (non-hydrogen) atoms. The number of benzene rings is 1. The molecule has 1 aromatic heterocycles. The van der Waals surface area contributed by atoms with E-state index >= 15 is 0 Å². The lowest BCUT2D eigenvalue weighted by Gasteiger charge is -2.22. The van der Waals surface area contributed by atoms with E-state index in [1.165, 1.54) is 0 Å². The van der Waals surface area contributed by atoms with E-state index in [9.17, 15) is 4.79 Å². The Bertz CT molecular complexity index is 796. The number of carbonyl (C=O) groups excluding carboxylic acids is 1. The molecule has 1 aliphatic rings. The van der Waals surface area contributed by atoms with Gasteiger partial charge in [-0.1, -0.05) is 12.1 Å². The number of rotatable bonds is 7. The van der Waals surface area contributed by atoms with Crippen LogP contribution < -0.4 is 10.6 Å². The van der Waals surface area contributed by atoms with Crippen LogP contribution in [0.2, 0.25) is 0 Å². The molecule has 1 amide bonds. The van der Waals surface area contributed by atoms with Gasteiger partial charge >= 0.3 is 0 Å². The third kappa shape index (κ3) is 7.00. The first-order chi connectivity index (χ1) is 13.7. The average molecular weight is 512 g/mol. The summed E-state index contributed by atoms with van der Waals surface area (Å²) in [6, 6.07) is 9.62. The Kier molecular flexibility index (Phi) is 9.39. The summed E-state index contributed by atoms with van der Waals surface area (Å²) in [5, 5.41) is 10.4. The molecule has 1 saturated heterocycles. The molecule has 2 aromatic rings. The van der Waals surface area contributed by atoms with Gasteiger partial charge in [-0.05, 0) is 30.2 Å². The SMILES string of the molecule is CN=C(NCc1cccc(NC(=O)Cn2cccn2)c1)N1CCC(COC)C1.I. The molecule has 0 saturated carbocycles. The number of methoxy groups -OCH3 is 1. The number of halogens is 1. The number of ether oxygens (including phenoxy) is 1. The Labute approximate surface area is 188 Å². The Hall–Kier alpha value is -2.14. The lowest BCUT2D eigenvalue weighted by atomic mass is 10.1. The predicted molar refractivity (Wildman–Crippen MR) is 124 cm³/mol. The van der Waals surface area contributed by atoms with E-state index in [0.717, 1.165) is 43.3 Å². The first-order valence-electron chi connectivity index (χ1n) is 9.48. The van der Waals surface area contributed by atoms with Gasteiger partial charge in [0.1, 0.15) is 6.54 Å². The Morgan fingerprint density at radius 1 is 1.38 bits per heavy atom. The van der Waals surface area contributed by atoms with Gasteiger partial charge in [-0.25, -0.2) is 0 Å². The van der Waals surface area contributed by atoms with Crippen LogP contribution in [0.25, 0.3) is 0 Å². The maximum Gasteiger partial charge on any atom is 0.246 e. The van der Waals surface area contributed by atoms with E-state index in [1.54, 1.807) is 37.3 Å². The summed E-state index contributed by atoms with van der Waals surface area (Å²) in [4.78, 5) is 18.8. The van der Waals surface area contributed by atoms with Gasteiger partial charge in [-0.15, -0.1) is 24.0 Å². The van der Waals surface area contributed by atoms with Crippen molar-refractivity contribution < 1.29 is 9.53 Å². The maximum absolute atomic E-state index is 12.1. The quantitative estimate of drug-likeness (QED) is 0.338. The average Bonchev–Trinajstić information content (AvgIpc) is 3.35. The summed E-state index contributed by atoms with van der Waals surface area (Å²) in [6.07, 6.45) is 4.54. The van der Waals surface area contributed by atoms with Crippen LogP contribution in [0, 0.1) is 5.92 Å². The molecule has 2 heterocycles. The number of hydrogen-bond donors (Lipinski definition) is 2. The van der Waals surface area contributed by atoms with Gasteiger partial charge in [0, 0.05) is 57.8 Å². The van der Waals surface area contributed by atoms with Crippen molar-refractivity contribution in [3.05, 3.63) is 48.3 Å². The third-order valence-corrected chi connectivity index (χ3v) is 4.73. The molecule has 1 unspecified atom stereocenters. The van der Waals surface area contributed by atoms with E-state index < -0.39 is 0 Å². The van der Waals surface area contributed by atoms with Crippen LogP contribution in [0.4, 0.5) is 5.69 Å². The summed E-state index contributed by atoms with van der Waals surface area (Å²) >= 11 is 0. The zero-order valence-electron chi connectivity index (χ0n) is 16.9. The van der Waals surface area contributed by atoms with Gasteiger partial charge in [0.15, 0.2) is 5.96 Å². The number of carbonyl (C=O) groups is 1. The zero-order valence-corrected chi connectivity index (χ0v) is 19.2. The normalized spacial score (nSPS) is 16.4. The smallest absolute Gasteiger partial charge is 0.246 e. The second kappa shape index (κ2) is 11.8. The highest BCUT2D eigenvalue weighted by Crippen LogP contribution is 2.17. The molecular formula is C20H29IN6O2. The third-order valence-electron chi connectivity index (χ3n) is 4.73. The molecule has 0 aliphatic carbocycles. The van der Waals surface area contributed by atoms with Crippen LogP contribution in [0.15, 0.2) is 47.7 Å². The molecule has 0 spiro atoms. The minimum Gasteiger partial charge on any atom is -0.384 e. The highest BCUT2D eigenvalue weighted by atomic mass is 127. The molecule has 1 fully saturated rings. The van der Waals surface area contributed by atoms with Crippen molar-refractivity contribution in [2.24, 2.45) is 10.9 Å². The number of aromatic nitrogens is 2. The molecule has 2 N–H and O–H groups in total. The van der Waals surface area contributed by atoms with Crippen LogP contribution in [0.5, 0.6) is 0 Å². The lowest BCUT2D eigenvalue weighted by molar-refractivity contribution is -0.116. The standard InChI is InChI=1S/C20H28N6O2.HI/c1-21-20(25-10-7-17(13-25)15-28-2)22-12-16-5-3-6-18(11-16)24-19(27)14-26-9-4-8-23-26;/h3-6,8-9,11,17H,7,10,12-15H2,1-2H3,(H,21,22)(H,24,27);1H. The minimum atomic E-state index is -0.106. The van der Waals surface area contributed by atoms with Gasteiger partial charge in [-0.2, -0.15) is 5.10 Å². The Morgan fingerprint density at radius 3 is 2.97 bits per heavy atom. The Morgan fingerprint density at radius 2 is 2.24 bits per heavy atom. The minimum absolute atomic E-state index is 0. The predicted octanol–water partition coefficient (Wildman–Crippen LogP) is 2.18. The van der Waals surface area contributed by atoms with Crippen molar-refractivity contribution in [1.29, 1.82) is 0 Å². The number of nitrogens with one attached hydrogen (secondary N) is 2. The summed E-state index contributed by atoms with van der Waals surface area (Å²) in [5.41, 5.74) is 1.85. The number of likely N-dealkylation sites (tertiary alicyclic amines) is 1. The van der Waals surface area contributed by atoms with Gasteiger partial charge in [0.2, 0.25) is 5.91 Å². The van der Waals surface area contributed by atoms with E-state index in [4.69, 9.17) is 4.74 Å². The maximum atomic E-state index is 12.1. The second-order valence-electron chi connectivity index (χ2n) is 6.91. The van der Waals surface area contributed by atoms with Crippen molar-refractivity contribution in [2.75, 3.05) is 39.2 Å². The fourth-order valence-corrected chi connectivity index (χ4v) is 3.41. The van der Waals surface area contributed by atoms with Gasteiger partial charge in [-0.3, -0.25) is 14.5 Å². The van der Waals surface area contributed by atoms with Crippen LogP contribution >= 0.6 is 24.0 Å². The number of amides is 1. The summed E-state index contributed by atoms with van der Waals surface area (Å²) in [5.74, 6) is 1.34. The fraction of sp³-hybridized carbons (Fsp3) is 0.450. The molecule has 1 aliphatic heterocycles. The van der Waals surface area contributed by atoms with E-state index in [0.29, 0.717) is 12.5 Å². The molecule has 8 nitrogen and oxygen atoms in total. The van der Waals surface area contributed by atoms with Crippen LogP contribution in [-0.4, -0.2) is 60.4 Å². The first kappa shape index (κ1) is 23.1. The number of aliphatic imine (C=N–C) groups is 1. The Balaban J connectivity index is 0.00000300. The van der Waals surface area contributed by atoms with Crippen molar-refractivity contribution in [3.63, 3.8) is 0 Å². The first-order valence-corrected chi connectivity index (χ1v) is 9.48. The van der Waals surface area contributed by atoms with Crippen LogP contribution in [0.3, 0.4) is 0 Å². The van der Waals surface area contributed by atoms with Gasteiger partial charge in [0.05, 0.1) is 6.61 Å². The van der Waals surface area contributed by atoms with Crippen molar-refractivity contribution >= 4 is 41.5 Å². The van der Waals surface area contributed by atoms with Crippen molar-refractivity contribution in [1.82, 2.24) is 20.0 Å². The number of guanidine groups is 1. The van der Waals surface area contributed by atoms with Crippen LogP contribution in [0.1, 0.15) is 12.0 Å². The molecule has 158 valence electrons. The van der Waals surface area contributed by atoms with E-state index in [2.05, 4.69) is 25.6 Å². The molecule has 1 atom stereocenters. The van der Waals surface area contributed by atoms with Gasteiger partial charge < -0.3 is 20.3 Å². The fourth-order valence-electron chi connectivity index (χ4n) is 3.41. The zero-order chi connectivity index (χ0) is 19.8. The number of nitrogens with zero attached hydrogens (tertiary/aromatic N) is 4. The molecule has 0 radical (unpaired) electrons. The molecule has 0 bridgehead atoms. The van der Waals surface area contributed by atoms with Gasteiger partial charge in [0.25, 0.3) is 0 Å². The van der Waals surface area contributed by atoms with Crippen molar-refractivity contribution in [3.8, 4) is 0 Å². The molecule has 1 aromatic carbocycles. The molecular weight excluding hydrogens is 483 g/mol. The van der Waals surface area contributed by atoms with Crippen molar-refractivity contribution in [2.45, 2.75) is 19.5 Å². The summed E-state index contributed by atoms with van der Waals surface area (Å²) < 4.78 is 6.86. The topological polar surface area (TPSA) is 83.8 Å².